The van der Waals surface area contributed by atoms with Gasteiger partial charge in [0.15, 0.2) is 6.61 Å². The Morgan fingerprint density at radius 1 is 1.57 bits per heavy atom. The summed E-state index contributed by atoms with van der Waals surface area (Å²) in [6.07, 6.45) is 0.880. The zero-order chi connectivity index (χ0) is 10.6. The van der Waals surface area contributed by atoms with E-state index in [1.807, 2.05) is 19.1 Å². The lowest BCUT2D eigenvalue weighted by Crippen LogP contribution is -2.09. The maximum Gasteiger partial charge on any atom is 0.341 e. The third kappa shape index (κ3) is 3.03. The fraction of sp³-hybridized carbons (Fsp3) is 0.300. The van der Waals surface area contributed by atoms with E-state index in [2.05, 4.69) is 15.9 Å². The van der Waals surface area contributed by atoms with Crippen molar-refractivity contribution in [3.05, 3.63) is 28.2 Å². The van der Waals surface area contributed by atoms with E-state index in [1.54, 1.807) is 6.07 Å². The van der Waals surface area contributed by atoms with Crippen LogP contribution in [0.5, 0.6) is 5.75 Å². The van der Waals surface area contributed by atoms with E-state index in [9.17, 15) is 4.79 Å². The van der Waals surface area contributed by atoms with Crippen molar-refractivity contribution in [2.24, 2.45) is 0 Å². The average molecular weight is 259 g/mol. The number of carbonyl (C=O) groups is 1. The molecule has 1 aromatic carbocycles. The topological polar surface area (TPSA) is 46.5 Å². The Morgan fingerprint density at radius 2 is 2.29 bits per heavy atom. The molecule has 3 nitrogen and oxygen atoms in total. The molecule has 0 saturated heterocycles. The van der Waals surface area contributed by atoms with Crippen molar-refractivity contribution < 1.29 is 14.6 Å². The van der Waals surface area contributed by atoms with Crippen LogP contribution in [0.25, 0.3) is 0 Å². The molecule has 1 rings (SSSR count). The van der Waals surface area contributed by atoms with Crippen LogP contribution in [-0.2, 0) is 11.2 Å². The zero-order valence-electron chi connectivity index (χ0n) is 7.79. The van der Waals surface area contributed by atoms with Crippen LogP contribution in [0.3, 0.4) is 0 Å². The molecule has 0 radical (unpaired) electrons. The van der Waals surface area contributed by atoms with Gasteiger partial charge in [0, 0.05) is 4.47 Å². The minimum Gasteiger partial charge on any atom is -0.482 e. The van der Waals surface area contributed by atoms with Gasteiger partial charge in [-0.15, -0.1) is 0 Å². The summed E-state index contributed by atoms with van der Waals surface area (Å²) in [6.45, 7) is 1.73. The van der Waals surface area contributed by atoms with Crippen molar-refractivity contribution in [2.45, 2.75) is 13.3 Å². The first-order valence-corrected chi connectivity index (χ1v) is 5.05. The minimum atomic E-state index is -0.967. The number of hydrogen-bond acceptors (Lipinski definition) is 2. The standard InChI is InChI=1S/C10H11BrO3/c1-2-7-5-8(3-4-9(7)11)14-6-10(12)13/h3-5H,2,6H2,1H3,(H,12,13). The van der Waals surface area contributed by atoms with E-state index in [-0.39, 0.29) is 6.61 Å². The van der Waals surface area contributed by atoms with Crippen LogP contribution in [0.4, 0.5) is 0 Å². The van der Waals surface area contributed by atoms with Crippen molar-refractivity contribution in [3.8, 4) is 5.75 Å². The fourth-order valence-corrected chi connectivity index (χ4v) is 1.58. The van der Waals surface area contributed by atoms with Gasteiger partial charge in [0.25, 0.3) is 0 Å². The molecule has 0 spiro atoms. The van der Waals surface area contributed by atoms with Crippen molar-refractivity contribution >= 4 is 21.9 Å². The Labute approximate surface area is 90.8 Å². The maximum absolute atomic E-state index is 10.3. The highest BCUT2D eigenvalue weighted by Gasteiger charge is 2.02. The minimum absolute atomic E-state index is 0.301. The van der Waals surface area contributed by atoms with Crippen molar-refractivity contribution in [3.63, 3.8) is 0 Å². The van der Waals surface area contributed by atoms with E-state index in [0.717, 1.165) is 16.5 Å². The summed E-state index contributed by atoms with van der Waals surface area (Å²) >= 11 is 3.40. The van der Waals surface area contributed by atoms with Gasteiger partial charge in [-0.2, -0.15) is 0 Å². The van der Waals surface area contributed by atoms with Gasteiger partial charge >= 0.3 is 5.97 Å². The first-order valence-electron chi connectivity index (χ1n) is 4.26. The number of rotatable bonds is 4. The molecule has 4 heteroatoms. The zero-order valence-corrected chi connectivity index (χ0v) is 9.37. The molecule has 1 aromatic rings. The molecule has 0 atom stereocenters. The smallest absolute Gasteiger partial charge is 0.341 e. The first kappa shape index (κ1) is 11.0. The number of hydrogen-bond donors (Lipinski definition) is 1. The Bertz CT molecular complexity index is 336. The molecule has 0 bridgehead atoms. The molecular formula is C10H11BrO3. The van der Waals surface area contributed by atoms with E-state index >= 15 is 0 Å². The molecule has 0 saturated carbocycles. The molecule has 0 amide bonds. The SMILES string of the molecule is CCc1cc(OCC(=O)O)ccc1Br. The summed E-state index contributed by atoms with van der Waals surface area (Å²) < 4.78 is 6.06. The van der Waals surface area contributed by atoms with Gasteiger partial charge in [-0.3, -0.25) is 0 Å². The maximum atomic E-state index is 10.3. The number of carboxylic acids is 1. The Balaban J connectivity index is 2.74. The van der Waals surface area contributed by atoms with Gasteiger partial charge < -0.3 is 9.84 Å². The second kappa shape index (κ2) is 5.00. The third-order valence-corrected chi connectivity index (χ3v) is 2.53. The summed E-state index contributed by atoms with van der Waals surface area (Å²) in [5.74, 6) is -0.376. The number of halogens is 1. The first-order chi connectivity index (χ1) is 6.63. The quantitative estimate of drug-likeness (QED) is 0.903. The lowest BCUT2D eigenvalue weighted by Gasteiger charge is -2.06. The summed E-state index contributed by atoms with van der Waals surface area (Å²) in [5, 5.41) is 8.42. The molecule has 0 aromatic heterocycles. The normalized spacial score (nSPS) is 9.86. The molecule has 0 unspecified atom stereocenters. The van der Waals surface area contributed by atoms with Gasteiger partial charge in [0.2, 0.25) is 0 Å². The molecule has 1 N–H and O–H groups in total. The predicted molar refractivity (Wildman–Crippen MR) is 56.7 cm³/mol. The monoisotopic (exact) mass is 258 g/mol. The fourth-order valence-electron chi connectivity index (χ4n) is 1.06. The summed E-state index contributed by atoms with van der Waals surface area (Å²) in [7, 11) is 0. The van der Waals surface area contributed by atoms with E-state index < -0.39 is 5.97 Å². The molecule has 76 valence electrons. The van der Waals surface area contributed by atoms with E-state index in [1.165, 1.54) is 0 Å². The van der Waals surface area contributed by atoms with Crippen LogP contribution in [0.2, 0.25) is 0 Å². The number of ether oxygens (including phenoxy) is 1. The Morgan fingerprint density at radius 3 is 2.86 bits per heavy atom. The number of aryl methyl sites for hydroxylation is 1. The number of benzene rings is 1. The lowest BCUT2D eigenvalue weighted by molar-refractivity contribution is -0.139. The van der Waals surface area contributed by atoms with Gasteiger partial charge in [-0.25, -0.2) is 4.79 Å². The second-order valence-corrected chi connectivity index (χ2v) is 3.64. The molecule has 0 fully saturated rings. The Kier molecular flexibility index (Phi) is 3.95. The predicted octanol–water partition coefficient (Wildman–Crippen LogP) is 2.47. The van der Waals surface area contributed by atoms with Crippen molar-refractivity contribution in [1.82, 2.24) is 0 Å². The van der Waals surface area contributed by atoms with Crippen LogP contribution < -0.4 is 4.74 Å². The van der Waals surface area contributed by atoms with Crippen LogP contribution in [0.1, 0.15) is 12.5 Å². The van der Waals surface area contributed by atoms with Crippen LogP contribution in [0, 0.1) is 0 Å². The second-order valence-electron chi connectivity index (χ2n) is 2.79. The lowest BCUT2D eigenvalue weighted by atomic mass is 10.2. The van der Waals surface area contributed by atoms with Gasteiger partial charge in [-0.1, -0.05) is 22.9 Å². The number of carboxylic acid groups (broad SMARTS) is 1. The largest absolute Gasteiger partial charge is 0.482 e. The van der Waals surface area contributed by atoms with Crippen molar-refractivity contribution in [1.29, 1.82) is 0 Å². The molecular weight excluding hydrogens is 248 g/mol. The van der Waals surface area contributed by atoms with E-state index in [0.29, 0.717) is 5.75 Å². The number of aliphatic carboxylic acids is 1. The van der Waals surface area contributed by atoms with Gasteiger partial charge in [0.1, 0.15) is 5.75 Å². The van der Waals surface area contributed by atoms with Crippen LogP contribution in [0.15, 0.2) is 22.7 Å². The highest BCUT2D eigenvalue weighted by molar-refractivity contribution is 9.10. The van der Waals surface area contributed by atoms with Crippen LogP contribution >= 0.6 is 15.9 Å². The Hall–Kier alpha value is -1.03. The average Bonchev–Trinajstić information content (AvgIpc) is 2.16. The highest BCUT2D eigenvalue weighted by Crippen LogP contribution is 2.22. The highest BCUT2D eigenvalue weighted by atomic mass is 79.9. The van der Waals surface area contributed by atoms with Gasteiger partial charge in [-0.05, 0) is 30.2 Å². The molecule has 14 heavy (non-hydrogen) atoms. The van der Waals surface area contributed by atoms with Gasteiger partial charge in [0.05, 0.1) is 0 Å². The summed E-state index contributed by atoms with van der Waals surface area (Å²) in [4.78, 5) is 10.3. The van der Waals surface area contributed by atoms with Crippen LogP contribution in [-0.4, -0.2) is 17.7 Å². The van der Waals surface area contributed by atoms with Crippen molar-refractivity contribution in [2.75, 3.05) is 6.61 Å². The van der Waals surface area contributed by atoms with E-state index in [4.69, 9.17) is 9.84 Å². The third-order valence-electron chi connectivity index (χ3n) is 1.76. The molecule has 0 aliphatic heterocycles. The molecule has 0 heterocycles. The molecule has 0 aliphatic rings. The summed E-state index contributed by atoms with van der Waals surface area (Å²) in [5.41, 5.74) is 1.10. The molecule has 0 aliphatic carbocycles. The summed E-state index contributed by atoms with van der Waals surface area (Å²) in [6, 6.07) is 5.44.